The van der Waals surface area contributed by atoms with Crippen LogP contribution in [0.4, 0.5) is 29.3 Å². The summed E-state index contributed by atoms with van der Waals surface area (Å²) in [5.41, 5.74) is 1.12. The molecule has 3 aliphatic rings. The van der Waals surface area contributed by atoms with Crippen LogP contribution in [0.1, 0.15) is 36.8 Å². The molecular formula is C23H21F3N6O3. The summed E-state index contributed by atoms with van der Waals surface area (Å²) in [6, 6.07) is 0.762. The van der Waals surface area contributed by atoms with Gasteiger partial charge in [0.25, 0.3) is 0 Å². The third-order valence-electron chi connectivity index (χ3n) is 6.89. The molecule has 0 bridgehead atoms. The van der Waals surface area contributed by atoms with Gasteiger partial charge in [0.15, 0.2) is 23.3 Å². The van der Waals surface area contributed by atoms with Gasteiger partial charge in [-0.1, -0.05) is 0 Å². The molecule has 2 atom stereocenters. The van der Waals surface area contributed by atoms with Gasteiger partial charge in [0, 0.05) is 30.8 Å². The van der Waals surface area contributed by atoms with Gasteiger partial charge in [-0.05, 0) is 18.8 Å². The second kappa shape index (κ2) is 8.14. The first-order valence-corrected chi connectivity index (χ1v) is 11.4. The summed E-state index contributed by atoms with van der Waals surface area (Å²) >= 11 is 0. The van der Waals surface area contributed by atoms with Crippen molar-refractivity contribution in [2.24, 2.45) is 5.92 Å². The highest BCUT2D eigenvalue weighted by Gasteiger charge is 2.43. The zero-order chi connectivity index (χ0) is 24.3. The molecule has 12 heteroatoms. The number of hydrogen-bond donors (Lipinski definition) is 1. The highest BCUT2D eigenvalue weighted by Crippen LogP contribution is 2.41. The Labute approximate surface area is 197 Å². The predicted molar refractivity (Wildman–Crippen MR) is 116 cm³/mol. The van der Waals surface area contributed by atoms with Crippen LogP contribution < -0.4 is 10.2 Å². The van der Waals surface area contributed by atoms with Gasteiger partial charge in [-0.3, -0.25) is 9.48 Å². The SMILES string of the molecule is O=C1CC(c2ncco2)CN1c1cnn2c1CN(C(=O)Nc1cc(F)c(F)c(F)c1)C(C1CC1)C2. The average molecular weight is 486 g/mol. The number of anilines is 2. The van der Waals surface area contributed by atoms with Crippen molar-refractivity contribution in [1.29, 1.82) is 0 Å². The van der Waals surface area contributed by atoms with Gasteiger partial charge in [0.05, 0.1) is 48.8 Å². The number of carbonyl (C=O) groups excluding carboxylic acids is 2. The standard InChI is InChI=1S/C23H21F3N6O3/c24-15-6-14(7-16(25)21(15)26)29-23(34)31-10-19-17(8-28-32(19)11-18(31)12-1-2-12)30-9-13(5-20(30)33)22-27-3-4-35-22/h3-4,6-8,12-13,18H,1-2,5,9-11H2,(H,29,34). The van der Waals surface area contributed by atoms with Crippen LogP contribution in [0.25, 0.3) is 0 Å². The second-order valence-corrected chi connectivity index (χ2v) is 9.15. The summed E-state index contributed by atoms with van der Waals surface area (Å²) in [6.07, 6.45) is 6.80. The van der Waals surface area contributed by atoms with Crippen LogP contribution >= 0.6 is 0 Å². The van der Waals surface area contributed by atoms with Gasteiger partial charge >= 0.3 is 6.03 Å². The van der Waals surface area contributed by atoms with Crippen molar-refractivity contribution >= 4 is 23.3 Å². The number of nitrogens with zero attached hydrogens (tertiary/aromatic N) is 5. The number of oxazole rings is 1. The summed E-state index contributed by atoms with van der Waals surface area (Å²) in [6.45, 7) is 0.969. The Morgan fingerprint density at radius 1 is 1.14 bits per heavy atom. The van der Waals surface area contributed by atoms with E-state index >= 15 is 0 Å². The highest BCUT2D eigenvalue weighted by molar-refractivity contribution is 5.97. The topological polar surface area (TPSA) is 96.5 Å². The highest BCUT2D eigenvalue weighted by atomic mass is 19.2. The summed E-state index contributed by atoms with van der Waals surface area (Å²) in [5, 5.41) is 6.97. The van der Waals surface area contributed by atoms with Crippen molar-refractivity contribution in [3.8, 4) is 0 Å². The molecule has 2 fully saturated rings. The number of rotatable bonds is 4. The number of hydrogen-bond acceptors (Lipinski definition) is 5. The van der Waals surface area contributed by atoms with E-state index in [2.05, 4.69) is 15.4 Å². The number of fused-ring (bicyclic) bond motifs is 1. The van der Waals surface area contributed by atoms with Crippen molar-refractivity contribution < 1.29 is 27.2 Å². The van der Waals surface area contributed by atoms with Gasteiger partial charge in [0.1, 0.15) is 6.26 Å². The lowest BCUT2D eigenvalue weighted by Crippen LogP contribution is -2.49. The van der Waals surface area contributed by atoms with Crippen molar-refractivity contribution in [3.63, 3.8) is 0 Å². The smallest absolute Gasteiger partial charge is 0.322 e. The van der Waals surface area contributed by atoms with E-state index in [-0.39, 0.29) is 42.4 Å². The first-order valence-electron chi connectivity index (χ1n) is 11.4. The van der Waals surface area contributed by atoms with Gasteiger partial charge < -0.3 is 19.5 Å². The van der Waals surface area contributed by atoms with E-state index in [0.717, 1.165) is 25.0 Å². The van der Waals surface area contributed by atoms with E-state index in [0.29, 0.717) is 30.4 Å². The van der Waals surface area contributed by atoms with Crippen molar-refractivity contribution in [2.75, 3.05) is 16.8 Å². The maximum atomic E-state index is 13.7. The maximum Gasteiger partial charge on any atom is 0.322 e. The fourth-order valence-electron chi connectivity index (χ4n) is 4.97. The Morgan fingerprint density at radius 2 is 1.91 bits per heavy atom. The third kappa shape index (κ3) is 3.82. The minimum atomic E-state index is -1.59. The molecule has 1 N–H and O–H groups in total. The molecule has 35 heavy (non-hydrogen) atoms. The van der Waals surface area contributed by atoms with E-state index in [9.17, 15) is 22.8 Å². The molecule has 1 saturated carbocycles. The average Bonchev–Trinajstić information content (AvgIpc) is 3.20. The van der Waals surface area contributed by atoms with Gasteiger partial charge in [-0.2, -0.15) is 5.10 Å². The quantitative estimate of drug-likeness (QED) is 0.568. The largest absolute Gasteiger partial charge is 0.449 e. The Morgan fingerprint density at radius 3 is 2.60 bits per heavy atom. The number of amides is 3. The second-order valence-electron chi connectivity index (χ2n) is 9.15. The van der Waals surface area contributed by atoms with Crippen LogP contribution in [0.2, 0.25) is 0 Å². The lowest BCUT2D eigenvalue weighted by molar-refractivity contribution is -0.117. The number of carbonyl (C=O) groups is 2. The molecule has 6 rings (SSSR count). The first kappa shape index (κ1) is 21.7. The molecule has 2 aromatic heterocycles. The maximum absolute atomic E-state index is 13.7. The zero-order valence-corrected chi connectivity index (χ0v) is 18.5. The minimum Gasteiger partial charge on any atom is -0.449 e. The van der Waals surface area contributed by atoms with Gasteiger partial charge in [-0.15, -0.1) is 0 Å². The zero-order valence-electron chi connectivity index (χ0n) is 18.5. The number of nitrogens with one attached hydrogen (secondary N) is 1. The third-order valence-corrected chi connectivity index (χ3v) is 6.89. The summed E-state index contributed by atoms with van der Waals surface area (Å²) in [5.74, 6) is -3.86. The normalized spacial score (nSPS) is 22.0. The molecule has 4 heterocycles. The minimum absolute atomic E-state index is 0.0958. The monoisotopic (exact) mass is 486 g/mol. The predicted octanol–water partition coefficient (Wildman–Crippen LogP) is 3.64. The summed E-state index contributed by atoms with van der Waals surface area (Å²) < 4.78 is 47.8. The molecule has 1 aromatic carbocycles. The number of benzene rings is 1. The summed E-state index contributed by atoms with van der Waals surface area (Å²) in [7, 11) is 0. The molecule has 3 aromatic rings. The van der Waals surface area contributed by atoms with Crippen LogP contribution in [0, 0.1) is 23.4 Å². The molecule has 1 saturated heterocycles. The van der Waals surface area contributed by atoms with Gasteiger partial charge in [-0.25, -0.2) is 22.9 Å². The number of halogens is 3. The Bertz CT molecular complexity index is 1280. The Kier molecular flexibility index (Phi) is 5.04. The summed E-state index contributed by atoms with van der Waals surface area (Å²) in [4.78, 5) is 33.4. The van der Waals surface area contributed by atoms with Crippen LogP contribution in [0.15, 0.2) is 35.2 Å². The molecule has 2 unspecified atom stereocenters. The van der Waals surface area contributed by atoms with Crippen molar-refractivity contribution in [3.05, 3.63) is 59.8 Å². The Hall–Kier alpha value is -3.83. The lowest BCUT2D eigenvalue weighted by Gasteiger charge is -2.37. The van der Waals surface area contributed by atoms with Crippen LogP contribution in [0.5, 0.6) is 0 Å². The van der Waals surface area contributed by atoms with Crippen LogP contribution in [0.3, 0.4) is 0 Å². The van der Waals surface area contributed by atoms with Crippen molar-refractivity contribution in [2.45, 2.75) is 44.3 Å². The molecule has 3 amide bonds. The molecule has 2 aliphatic heterocycles. The van der Waals surface area contributed by atoms with E-state index in [1.54, 1.807) is 16.0 Å². The molecule has 182 valence electrons. The van der Waals surface area contributed by atoms with Crippen LogP contribution in [-0.2, 0) is 17.9 Å². The van der Waals surface area contributed by atoms with E-state index in [1.807, 2.05) is 4.68 Å². The molecule has 1 aliphatic carbocycles. The number of aromatic nitrogens is 3. The van der Waals surface area contributed by atoms with E-state index in [4.69, 9.17) is 4.42 Å². The van der Waals surface area contributed by atoms with E-state index < -0.39 is 23.5 Å². The fraction of sp³-hybridized carbons (Fsp3) is 0.391. The first-order chi connectivity index (χ1) is 16.9. The molecule has 9 nitrogen and oxygen atoms in total. The van der Waals surface area contributed by atoms with Crippen molar-refractivity contribution in [1.82, 2.24) is 19.7 Å². The molecular weight excluding hydrogens is 465 g/mol. The molecule has 0 spiro atoms. The fourth-order valence-corrected chi connectivity index (χ4v) is 4.97. The van der Waals surface area contributed by atoms with Gasteiger partial charge in [0.2, 0.25) is 5.91 Å². The number of urea groups is 1. The molecule has 0 radical (unpaired) electrons. The lowest BCUT2D eigenvalue weighted by atomic mass is 10.1. The Balaban J connectivity index is 1.26. The van der Waals surface area contributed by atoms with Crippen LogP contribution in [-0.4, -0.2) is 44.2 Å². The van der Waals surface area contributed by atoms with E-state index in [1.165, 1.54) is 12.5 Å².